The molecule has 2 rings (SSSR count). The summed E-state index contributed by atoms with van der Waals surface area (Å²) in [5, 5.41) is 6.05. The zero-order valence-corrected chi connectivity index (χ0v) is 15.6. The van der Waals surface area contributed by atoms with Gasteiger partial charge in [0.2, 0.25) is 0 Å². The minimum atomic E-state index is -0.631. The number of halogens is 1. The van der Waals surface area contributed by atoms with Gasteiger partial charge in [-0.25, -0.2) is 0 Å². The van der Waals surface area contributed by atoms with Gasteiger partial charge in [0.05, 0.1) is 0 Å². The van der Waals surface area contributed by atoms with Crippen molar-refractivity contribution in [1.82, 2.24) is 5.32 Å². The third kappa shape index (κ3) is 7.91. The molecule has 138 valence electrons. The van der Waals surface area contributed by atoms with E-state index in [0.29, 0.717) is 10.7 Å². The molecule has 0 saturated heterocycles. The van der Waals surface area contributed by atoms with Crippen molar-refractivity contribution in [2.24, 2.45) is 0 Å². The monoisotopic (exact) mass is 364 g/mol. The molecule has 2 amide bonds. The first kappa shape index (κ1) is 19.8. The molecule has 0 heterocycles. The summed E-state index contributed by atoms with van der Waals surface area (Å²) in [6, 6.07) is 6.90. The van der Waals surface area contributed by atoms with E-state index in [0.717, 1.165) is 25.7 Å². The van der Waals surface area contributed by atoms with Crippen molar-refractivity contribution in [3.63, 3.8) is 0 Å². The van der Waals surface area contributed by atoms with Crippen LogP contribution in [0.2, 0.25) is 5.02 Å². The molecule has 0 unspecified atom stereocenters. The van der Waals surface area contributed by atoms with Gasteiger partial charge in [0.25, 0.3) is 0 Å². The fraction of sp³-hybridized carbons (Fsp3) is 0.600. The molecular formula is C20H29ClN2O2. The fourth-order valence-electron chi connectivity index (χ4n) is 3.31. The molecule has 2 N–H and O–H groups in total. The second-order valence-corrected chi connectivity index (χ2v) is 7.33. The van der Waals surface area contributed by atoms with Crippen molar-refractivity contribution in [2.45, 2.75) is 76.7 Å². The first-order valence-electron chi connectivity index (χ1n) is 9.52. The van der Waals surface area contributed by atoms with Gasteiger partial charge in [-0.1, -0.05) is 75.5 Å². The van der Waals surface area contributed by atoms with E-state index >= 15 is 0 Å². The zero-order chi connectivity index (χ0) is 17.9. The first-order valence-corrected chi connectivity index (χ1v) is 9.90. The molecule has 1 aliphatic rings. The molecule has 4 nitrogen and oxygen atoms in total. The summed E-state index contributed by atoms with van der Waals surface area (Å²) in [6.07, 6.45) is 13.1. The van der Waals surface area contributed by atoms with E-state index in [1.54, 1.807) is 24.3 Å². The topological polar surface area (TPSA) is 58.2 Å². The number of hydrogen-bond donors (Lipinski definition) is 2. The van der Waals surface area contributed by atoms with Crippen LogP contribution in [0.4, 0.5) is 5.69 Å². The summed E-state index contributed by atoms with van der Waals surface area (Å²) in [5.41, 5.74) is 0.534. The highest BCUT2D eigenvalue weighted by atomic mass is 35.5. The van der Waals surface area contributed by atoms with Crippen molar-refractivity contribution in [3.8, 4) is 0 Å². The molecule has 0 radical (unpaired) electrons. The van der Waals surface area contributed by atoms with Crippen LogP contribution in [0.15, 0.2) is 24.3 Å². The highest BCUT2D eigenvalue weighted by Crippen LogP contribution is 2.17. The van der Waals surface area contributed by atoms with Crippen LogP contribution < -0.4 is 10.6 Å². The molecule has 0 atom stereocenters. The van der Waals surface area contributed by atoms with Crippen LogP contribution in [0, 0.1) is 0 Å². The van der Waals surface area contributed by atoms with E-state index < -0.39 is 11.8 Å². The van der Waals surface area contributed by atoms with Gasteiger partial charge >= 0.3 is 11.8 Å². The minimum absolute atomic E-state index is 0.0945. The summed E-state index contributed by atoms with van der Waals surface area (Å²) in [5.74, 6) is -1.19. The molecule has 0 spiro atoms. The highest BCUT2D eigenvalue weighted by molar-refractivity contribution is 6.40. The molecular weight excluding hydrogens is 336 g/mol. The van der Waals surface area contributed by atoms with Crippen LogP contribution in [0.5, 0.6) is 0 Å². The summed E-state index contributed by atoms with van der Waals surface area (Å²) >= 11 is 5.90. The molecule has 5 heteroatoms. The number of carbonyl (C=O) groups is 2. The molecule has 25 heavy (non-hydrogen) atoms. The van der Waals surface area contributed by atoms with Crippen molar-refractivity contribution in [2.75, 3.05) is 5.32 Å². The second kappa shape index (κ2) is 11.1. The number of rotatable bonds is 2. The van der Waals surface area contributed by atoms with Crippen LogP contribution in [0.25, 0.3) is 0 Å². The second-order valence-electron chi connectivity index (χ2n) is 6.89. The van der Waals surface area contributed by atoms with Gasteiger partial charge in [-0.05, 0) is 31.0 Å². The van der Waals surface area contributed by atoms with Gasteiger partial charge in [-0.2, -0.15) is 0 Å². The summed E-state index contributed by atoms with van der Waals surface area (Å²) in [4.78, 5) is 24.3. The Morgan fingerprint density at radius 3 is 1.96 bits per heavy atom. The third-order valence-corrected chi connectivity index (χ3v) is 4.96. The lowest BCUT2D eigenvalue weighted by Crippen LogP contribution is -2.41. The Morgan fingerprint density at radius 1 is 0.840 bits per heavy atom. The number of amides is 2. The van der Waals surface area contributed by atoms with Crippen LogP contribution in [-0.2, 0) is 9.59 Å². The first-order chi connectivity index (χ1) is 12.1. The smallest absolute Gasteiger partial charge is 0.313 e. The molecule has 1 saturated carbocycles. The van der Waals surface area contributed by atoms with Crippen molar-refractivity contribution in [1.29, 1.82) is 0 Å². The lowest BCUT2D eigenvalue weighted by molar-refractivity contribution is -0.136. The predicted molar refractivity (Wildman–Crippen MR) is 103 cm³/mol. The predicted octanol–water partition coefficient (Wildman–Crippen LogP) is 5.07. The zero-order valence-electron chi connectivity index (χ0n) is 14.9. The van der Waals surface area contributed by atoms with Gasteiger partial charge in [-0.15, -0.1) is 0 Å². The quantitative estimate of drug-likeness (QED) is 0.720. The summed E-state index contributed by atoms with van der Waals surface area (Å²) < 4.78 is 0. The van der Waals surface area contributed by atoms with Crippen molar-refractivity contribution < 1.29 is 9.59 Å². The van der Waals surface area contributed by atoms with Crippen LogP contribution in [0.3, 0.4) is 0 Å². The van der Waals surface area contributed by atoms with Gasteiger partial charge in [0.1, 0.15) is 0 Å². The van der Waals surface area contributed by atoms with Gasteiger partial charge in [0.15, 0.2) is 0 Å². The van der Waals surface area contributed by atoms with E-state index in [9.17, 15) is 9.59 Å². The van der Waals surface area contributed by atoms with E-state index in [-0.39, 0.29) is 6.04 Å². The van der Waals surface area contributed by atoms with Crippen molar-refractivity contribution in [3.05, 3.63) is 29.3 Å². The Kier molecular flexibility index (Phi) is 8.81. The molecule has 1 fully saturated rings. The standard InChI is InChI=1S/C20H29ClN2O2/c21-16-11-10-14-18(15-16)23-20(25)19(24)22-17-12-8-6-4-2-1-3-5-7-9-13-17/h10-11,14-15,17H,1-9,12-13H2,(H,22,24)(H,23,25). The Hall–Kier alpha value is -1.55. The maximum Gasteiger partial charge on any atom is 0.313 e. The number of carbonyl (C=O) groups excluding carboxylic acids is 2. The van der Waals surface area contributed by atoms with E-state index in [2.05, 4.69) is 10.6 Å². The Labute approximate surface area is 155 Å². The molecule has 0 aromatic heterocycles. The number of nitrogens with one attached hydrogen (secondary N) is 2. The maximum absolute atomic E-state index is 12.2. The maximum atomic E-state index is 12.2. The molecule has 1 aliphatic carbocycles. The number of benzene rings is 1. The Balaban J connectivity index is 1.83. The molecule has 0 aliphatic heterocycles. The molecule has 1 aromatic carbocycles. The Morgan fingerprint density at radius 2 is 1.40 bits per heavy atom. The van der Waals surface area contributed by atoms with Crippen LogP contribution >= 0.6 is 11.6 Å². The average molecular weight is 365 g/mol. The molecule has 0 bridgehead atoms. The van der Waals surface area contributed by atoms with E-state index in [4.69, 9.17) is 11.6 Å². The fourth-order valence-corrected chi connectivity index (χ4v) is 3.50. The molecule has 1 aromatic rings. The highest BCUT2D eigenvalue weighted by Gasteiger charge is 2.18. The van der Waals surface area contributed by atoms with Gasteiger partial charge < -0.3 is 10.6 Å². The summed E-state index contributed by atoms with van der Waals surface area (Å²) in [7, 11) is 0. The lowest BCUT2D eigenvalue weighted by atomic mass is 9.98. The normalized spacial score (nSPS) is 17.8. The summed E-state index contributed by atoms with van der Waals surface area (Å²) in [6.45, 7) is 0. The van der Waals surface area contributed by atoms with E-state index in [1.165, 1.54) is 44.9 Å². The minimum Gasteiger partial charge on any atom is -0.345 e. The lowest BCUT2D eigenvalue weighted by Gasteiger charge is -2.19. The van der Waals surface area contributed by atoms with Crippen LogP contribution in [-0.4, -0.2) is 17.9 Å². The van der Waals surface area contributed by atoms with Gasteiger partial charge in [0, 0.05) is 16.8 Å². The Bertz CT molecular complexity index is 550. The third-order valence-electron chi connectivity index (χ3n) is 4.73. The van der Waals surface area contributed by atoms with Crippen molar-refractivity contribution >= 4 is 29.1 Å². The number of hydrogen-bond acceptors (Lipinski definition) is 2. The average Bonchev–Trinajstić information content (AvgIpc) is 2.57. The van der Waals surface area contributed by atoms with Gasteiger partial charge in [-0.3, -0.25) is 9.59 Å². The van der Waals surface area contributed by atoms with E-state index in [1.807, 2.05) is 0 Å². The van der Waals surface area contributed by atoms with Crippen LogP contribution in [0.1, 0.15) is 70.6 Å². The largest absolute Gasteiger partial charge is 0.345 e. The SMILES string of the molecule is O=C(Nc1cccc(Cl)c1)C(=O)NC1CCCCCCCCCCC1. The number of anilines is 1.